The van der Waals surface area contributed by atoms with Crippen molar-refractivity contribution in [1.82, 2.24) is 30.1 Å². The summed E-state index contributed by atoms with van der Waals surface area (Å²) < 4.78 is 28.9. The van der Waals surface area contributed by atoms with E-state index >= 15 is 0 Å². The SMILES string of the molecule is CC(=O)N1CC=C(c2cc(N3CCC[C@@H](NC(=O)c4sc(C(F)F)cc4C4CCNC4)C3)c3c(N)ncnn23)C1. The van der Waals surface area contributed by atoms with E-state index in [-0.39, 0.29) is 28.7 Å². The van der Waals surface area contributed by atoms with Gasteiger partial charge in [0.2, 0.25) is 5.91 Å². The lowest BCUT2D eigenvalue weighted by molar-refractivity contribution is -0.127. The van der Waals surface area contributed by atoms with Crippen molar-refractivity contribution in [2.75, 3.05) is 49.9 Å². The van der Waals surface area contributed by atoms with Crippen molar-refractivity contribution in [3.8, 4) is 0 Å². The molecule has 2 fully saturated rings. The molecule has 0 radical (unpaired) electrons. The number of halogens is 2. The van der Waals surface area contributed by atoms with Gasteiger partial charge in [0.1, 0.15) is 11.8 Å². The summed E-state index contributed by atoms with van der Waals surface area (Å²) in [5.74, 6) is 0.119. The minimum Gasteiger partial charge on any atom is -0.382 e. The van der Waals surface area contributed by atoms with E-state index in [9.17, 15) is 18.4 Å². The summed E-state index contributed by atoms with van der Waals surface area (Å²) in [5, 5.41) is 10.9. The van der Waals surface area contributed by atoms with E-state index in [4.69, 9.17) is 5.73 Å². The first kappa shape index (κ1) is 26.6. The van der Waals surface area contributed by atoms with Crippen LogP contribution in [0, 0.1) is 0 Å². The predicted molar refractivity (Wildman–Crippen MR) is 150 cm³/mol. The van der Waals surface area contributed by atoms with Gasteiger partial charge in [0.25, 0.3) is 12.3 Å². The van der Waals surface area contributed by atoms with Crippen molar-refractivity contribution in [3.63, 3.8) is 0 Å². The van der Waals surface area contributed by atoms with E-state index < -0.39 is 6.43 Å². The zero-order valence-electron chi connectivity index (χ0n) is 22.2. The molecule has 0 aliphatic carbocycles. The third kappa shape index (κ3) is 4.92. The summed E-state index contributed by atoms with van der Waals surface area (Å²) in [7, 11) is 0. The van der Waals surface area contributed by atoms with Crippen LogP contribution in [0.2, 0.25) is 0 Å². The molecular weight excluding hydrogens is 538 g/mol. The maximum absolute atomic E-state index is 13.6. The van der Waals surface area contributed by atoms with Gasteiger partial charge >= 0.3 is 0 Å². The molecule has 0 aromatic carbocycles. The maximum Gasteiger partial charge on any atom is 0.272 e. The smallest absolute Gasteiger partial charge is 0.272 e. The highest BCUT2D eigenvalue weighted by Crippen LogP contribution is 2.37. The number of anilines is 2. The fourth-order valence-electron chi connectivity index (χ4n) is 6.00. The molecule has 4 N–H and O–H groups in total. The number of hydrogen-bond donors (Lipinski definition) is 3. The van der Waals surface area contributed by atoms with Crippen LogP contribution in [0.3, 0.4) is 0 Å². The van der Waals surface area contributed by atoms with Crippen molar-refractivity contribution in [2.24, 2.45) is 0 Å². The molecule has 40 heavy (non-hydrogen) atoms. The molecule has 1 unspecified atom stereocenters. The number of hydrogen-bond acceptors (Lipinski definition) is 8. The maximum atomic E-state index is 13.6. The third-order valence-electron chi connectivity index (χ3n) is 8.05. The zero-order chi connectivity index (χ0) is 28.0. The van der Waals surface area contributed by atoms with Gasteiger partial charge in [-0.25, -0.2) is 18.3 Å². The number of aromatic nitrogens is 3. The zero-order valence-corrected chi connectivity index (χ0v) is 23.0. The number of alkyl halides is 2. The topological polar surface area (TPSA) is 121 Å². The Kier molecular flexibility index (Phi) is 7.17. The molecule has 2 amide bonds. The van der Waals surface area contributed by atoms with Gasteiger partial charge in [0, 0.05) is 45.7 Å². The van der Waals surface area contributed by atoms with Crippen molar-refractivity contribution < 1.29 is 18.4 Å². The van der Waals surface area contributed by atoms with E-state index in [2.05, 4.69) is 25.6 Å². The molecule has 2 saturated heterocycles. The first-order chi connectivity index (χ1) is 19.3. The minimum absolute atomic E-state index is 0.00912. The van der Waals surface area contributed by atoms with Crippen LogP contribution in [0.1, 0.15) is 64.3 Å². The normalized spacial score (nSPS) is 21.4. The number of carbonyl (C=O) groups excluding carboxylic acids is 2. The molecular formula is C27H32F2N8O2S. The summed E-state index contributed by atoms with van der Waals surface area (Å²) >= 11 is 0.898. The number of fused-ring (bicyclic) bond motifs is 1. The molecule has 0 saturated carbocycles. The summed E-state index contributed by atoms with van der Waals surface area (Å²) in [6.45, 7) is 5.37. The molecule has 3 aromatic rings. The van der Waals surface area contributed by atoms with Gasteiger partial charge in [0.05, 0.1) is 21.1 Å². The fraction of sp³-hybridized carbons (Fsp3) is 0.481. The Bertz CT molecular complexity index is 1480. The summed E-state index contributed by atoms with van der Waals surface area (Å²) in [5.41, 5.74) is 10.4. The highest BCUT2D eigenvalue weighted by Gasteiger charge is 2.31. The van der Waals surface area contributed by atoms with Crippen molar-refractivity contribution in [3.05, 3.63) is 45.5 Å². The number of nitrogens with two attached hydrogens (primary N) is 1. The molecule has 3 aromatic heterocycles. The van der Waals surface area contributed by atoms with Crippen LogP contribution < -0.4 is 21.3 Å². The average Bonchev–Trinajstić information content (AvgIpc) is 3.73. The lowest BCUT2D eigenvalue weighted by atomic mass is 9.98. The van der Waals surface area contributed by atoms with Gasteiger partial charge in [0.15, 0.2) is 5.82 Å². The highest BCUT2D eigenvalue weighted by atomic mass is 32.1. The van der Waals surface area contributed by atoms with Crippen LogP contribution in [-0.2, 0) is 4.79 Å². The molecule has 3 aliphatic heterocycles. The molecule has 6 rings (SSSR count). The number of thiophene rings is 1. The summed E-state index contributed by atoms with van der Waals surface area (Å²) in [4.78, 5) is 33.8. The van der Waals surface area contributed by atoms with E-state index in [1.54, 1.807) is 16.3 Å². The Morgan fingerprint density at radius 1 is 1.27 bits per heavy atom. The first-order valence-electron chi connectivity index (χ1n) is 13.6. The monoisotopic (exact) mass is 570 g/mol. The number of nitrogens with one attached hydrogen (secondary N) is 2. The molecule has 3 aliphatic rings. The van der Waals surface area contributed by atoms with E-state index in [1.807, 2.05) is 12.1 Å². The minimum atomic E-state index is -2.60. The second-order valence-electron chi connectivity index (χ2n) is 10.6. The quantitative estimate of drug-likeness (QED) is 0.417. The molecule has 212 valence electrons. The van der Waals surface area contributed by atoms with Gasteiger partial charge < -0.3 is 26.2 Å². The van der Waals surface area contributed by atoms with Gasteiger partial charge in [-0.3, -0.25) is 9.59 Å². The number of rotatable bonds is 6. The third-order valence-corrected chi connectivity index (χ3v) is 9.21. The molecule has 0 bridgehead atoms. The van der Waals surface area contributed by atoms with Crippen LogP contribution >= 0.6 is 11.3 Å². The van der Waals surface area contributed by atoms with Gasteiger partial charge in [-0.1, -0.05) is 6.08 Å². The first-order valence-corrected chi connectivity index (χ1v) is 14.4. The van der Waals surface area contributed by atoms with Crippen LogP contribution in [-0.4, -0.2) is 76.6 Å². The number of carbonyl (C=O) groups is 2. The Labute approximate surface area is 234 Å². The second kappa shape index (κ2) is 10.8. The number of nitrogen functional groups attached to an aromatic ring is 1. The molecule has 10 nitrogen and oxygen atoms in total. The Morgan fingerprint density at radius 2 is 2.12 bits per heavy atom. The number of piperidine rings is 1. The van der Waals surface area contributed by atoms with Crippen molar-refractivity contribution in [1.29, 1.82) is 0 Å². The van der Waals surface area contributed by atoms with Crippen LogP contribution in [0.5, 0.6) is 0 Å². The van der Waals surface area contributed by atoms with Gasteiger partial charge in [-0.15, -0.1) is 11.3 Å². The van der Waals surface area contributed by atoms with Crippen LogP contribution in [0.15, 0.2) is 24.5 Å². The van der Waals surface area contributed by atoms with E-state index in [0.717, 1.165) is 60.6 Å². The van der Waals surface area contributed by atoms with Gasteiger partial charge in [-0.2, -0.15) is 5.10 Å². The molecule has 2 atom stereocenters. The second-order valence-corrected chi connectivity index (χ2v) is 11.7. The Morgan fingerprint density at radius 3 is 2.85 bits per heavy atom. The molecule has 0 spiro atoms. The van der Waals surface area contributed by atoms with Gasteiger partial charge in [-0.05, 0) is 55.0 Å². The van der Waals surface area contributed by atoms with E-state index in [1.165, 1.54) is 12.4 Å². The summed E-state index contributed by atoms with van der Waals surface area (Å²) in [6.07, 6.45) is 3.27. The number of amides is 2. The lowest BCUT2D eigenvalue weighted by Gasteiger charge is -2.34. The fourth-order valence-corrected chi connectivity index (χ4v) is 7.00. The highest BCUT2D eigenvalue weighted by molar-refractivity contribution is 7.14. The lowest BCUT2D eigenvalue weighted by Crippen LogP contribution is -2.47. The Hall–Kier alpha value is -3.58. The van der Waals surface area contributed by atoms with E-state index in [0.29, 0.717) is 48.0 Å². The molecule has 6 heterocycles. The standard InChI is InChI=1S/C27H32F2N8O2S/c1-15(38)35-8-5-17(12-35)20-10-21(23-26(30)32-14-33-37(20)23)36-7-2-3-18(13-36)34-27(39)24-19(16-4-6-31-11-16)9-22(40-24)25(28)29/h5,9-10,14,16,18,25,31H,2-4,6-8,11-13H2,1H3,(H,34,39)(H2,30,32,33)/t16?,18-/m1/s1. The average molecular weight is 571 g/mol. The molecule has 13 heteroatoms. The van der Waals surface area contributed by atoms with Crippen molar-refractivity contribution >= 4 is 45.7 Å². The Balaban J connectivity index is 1.25. The largest absolute Gasteiger partial charge is 0.382 e. The summed E-state index contributed by atoms with van der Waals surface area (Å²) in [6, 6.07) is 3.37. The van der Waals surface area contributed by atoms with Crippen molar-refractivity contribution in [2.45, 2.75) is 44.6 Å². The number of nitrogens with zero attached hydrogens (tertiary/aromatic N) is 5. The predicted octanol–water partition coefficient (Wildman–Crippen LogP) is 3.03. The van der Waals surface area contributed by atoms with Crippen LogP contribution in [0.4, 0.5) is 20.3 Å². The van der Waals surface area contributed by atoms with Crippen LogP contribution in [0.25, 0.3) is 11.1 Å².